The van der Waals surface area contributed by atoms with Gasteiger partial charge in [0.25, 0.3) is 11.1 Å². The van der Waals surface area contributed by atoms with E-state index in [4.69, 9.17) is 0 Å². The minimum absolute atomic E-state index is 0.178. The van der Waals surface area contributed by atoms with E-state index in [1.54, 1.807) is 0 Å². The molecule has 0 saturated carbocycles. The van der Waals surface area contributed by atoms with Crippen molar-refractivity contribution in [2.45, 2.75) is 19.8 Å². The van der Waals surface area contributed by atoms with Crippen molar-refractivity contribution >= 4 is 11.0 Å². The van der Waals surface area contributed by atoms with Crippen molar-refractivity contribution in [2.24, 2.45) is 0 Å². The van der Waals surface area contributed by atoms with Crippen molar-refractivity contribution in [1.82, 2.24) is 20.2 Å². The first-order chi connectivity index (χ1) is 6.72. The van der Waals surface area contributed by atoms with E-state index in [-0.39, 0.29) is 22.2 Å². The molecule has 2 aromatic rings. The molecule has 0 spiro atoms. The molecule has 0 saturated heterocycles. The van der Waals surface area contributed by atoms with Gasteiger partial charge < -0.3 is 4.98 Å². The van der Waals surface area contributed by atoms with E-state index >= 15 is 0 Å². The molecule has 2 heterocycles. The smallest absolute Gasteiger partial charge is 0.290 e. The second-order valence-electron chi connectivity index (χ2n) is 3.07. The van der Waals surface area contributed by atoms with Crippen molar-refractivity contribution in [3.05, 3.63) is 26.5 Å². The Morgan fingerprint density at radius 2 is 1.93 bits per heavy atom. The molecule has 2 aromatic heterocycles. The molecule has 2 rings (SSSR count). The molecule has 0 aliphatic heterocycles. The fraction of sp³-hybridized carbons (Fsp3) is 0.375. The molecule has 14 heavy (non-hydrogen) atoms. The first kappa shape index (κ1) is 8.74. The number of rotatable bonds is 2. The minimum Gasteiger partial charge on any atom is -0.337 e. The lowest BCUT2D eigenvalue weighted by atomic mass is 10.3. The summed E-state index contributed by atoms with van der Waals surface area (Å²) in [6.45, 7) is 2.00. The third kappa shape index (κ3) is 1.24. The SMILES string of the molecule is CCCc1nc2c(=O)[nH][nH]c(=O)c2[nH]1. The summed E-state index contributed by atoms with van der Waals surface area (Å²) in [6, 6.07) is 0. The molecule has 0 bridgehead atoms. The van der Waals surface area contributed by atoms with Gasteiger partial charge in [0.2, 0.25) is 0 Å². The van der Waals surface area contributed by atoms with Crippen LogP contribution >= 0.6 is 0 Å². The van der Waals surface area contributed by atoms with Crippen LogP contribution in [-0.2, 0) is 6.42 Å². The van der Waals surface area contributed by atoms with E-state index in [2.05, 4.69) is 20.2 Å². The molecular weight excluding hydrogens is 184 g/mol. The van der Waals surface area contributed by atoms with Gasteiger partial charge in [0.1, 0.15) is 11.3 Å². The van der Waals surface area contributed by atoms with Gasteiger partial charge in [-0.15, -0.1) is 0 Å². The quantitative estimate of drug-likeness (QED) is 0.622. The third-order valence-electron chi connectivity index (χ3n) is 1.97. The number of hydrogen-bond donors (Lipinski definition) is 3. The first-order valence-corrected chi connectivity index (χ1v) is 4.42. The Morgan fingerprint density at radius 3 is 2.57 bits per heavy atom. The van der Waals surface area contributed by atoms with Crippen LogP contribution in [0.1, 0.15) is 19.2 Å². The summed E-state index contributed by atoms with van der Waals surface area (Å²) in [7, 11) is 0. The molecule has 74 valence electrons. The predicted octanol–water partition coefficient (Wildman–Crippen LogP) is -0.108. The summed E-state index contributed by atoms with van der Waals surface area (Å²) in [5.74, 6) is 0.671. The number of nitrogens with one attached hydrogen (secondary N) is 3. The molecule has 6 heteroatoms. The van der Waals surface area contributed by atoms with Crippen molar-refractivity contribution in [3.8, 4) is 0 Å². The van der Waals surface area contributed by atoms with E-state index in [0.717, 1.165) is 12.8 Å². The number of aromatic amines is 3. The number of fused-ring (bicyclic) bond motifs is 1. The Balaban J connectivity index is 2.76. The molecule has 0 unspecified atom stereocenters. The van der Waals surface area contributed by atoms with Crippen molar-refractivity contribution < 1.29 is 0 Å². The van der Waals surface area contributed by atoms with Crippen LogP contribution in [0.25, 0.3) is 11.0 Å². The third-order valence-corrected chi connectivity index (χ3v) is 1.97. The normalized spacial score (nSPS) is 10.9. The molecule has 0 aliphatic rings. The number of imidazole rings is 1. The molecule has 0 atom stereocenters. The molecule has 0 radical (unpaired) electrons. The summed E-state index contributed by atoms with van der Waals surface area (Å²) in [4.78, 5) is 29.4. The fourth-order valence-corrected chi connectivity index (χ4v) is 1.34. The highest BCUT2D eigenvalue weighted by Crippen LogP contribution is 2.02. The number of aryl methyl sites for hydroxylation is 1. The van der Waals surface area contributed by atoms with Crippen LogP contribution in [0.5, 0.6) is 0 Å². The lowest BCUT2D eigenvalue weighted by Crippen LogP contribution is -2.18. The van der Waals surface area contributed by atoms with Crippen LogP contribution in [0.4, 0.5) is 0 Å². The summed E-state index contributed by atoms with van der Waals surface area (Å²) in [5, 5.41) is 4.46. The number of nitrogens with zero attached hydrogens (tertiary/aromatic N) is 1. The Bertz CT molecular complexity index is 515. The fourth-order valence-electron chi connectivity index (χ4n) is 1.34. The Kier molecular flexibility index (Phi) is 1.95. The molecule has 0 amide bonds. The zero-order valence-electron chi connectivity index (χ0n) is 7.68. The number of aromatic nitrogens is 4. The second-order valence-corrected chi connectivity index (χ2v) is 3.07. The highest BCUT2D eigenvalue weighted by molar-refractivity contribution is 5.72. The molecule has 0 aromatic carbocycles. The summed E-state index contributed by atoms with van der Waals surface area (Å²) in [6.07, 6.45) is 1.64. The van der Waals surface area contributed by atoms with E-state index in [9.17, 15) is 9.59 Å². The van der Waals surface area contributed by atoms with Gasteiger partial charge in [-0.3, -0.25) is 19.8 Å². The average Bonchev–Trinajstić information content (AvgIpc) is 2.57. The van der Waals surface area contributed by atoms with E-state index in [1.165, 1.54) is 0 Å². The molecule has 0 fully saturated rings. The van der Waals surface area contributed by atoms with Crippen molar-refractivity contribution in [1.29, 1.82) is 0 Å². The molecule has 3 N–H and O–H groups in total. The highest BCUT2D eigenvalue weighted by Gasteiger charge is 2.08. The monoisotopic (exact) mass is 194 g/mol. The van der Waals surface area contributed by atoms with Crippen LogP contribution in [-0.4, -0.2) is 20.2 Å². The predicted molar refractivity (Wildman–Crippen MR) is 51.3 cm³/mol. The van der Waals surface area contributed by atoms with E-state index < -0.39 is 0 Å². The van der Waals surface area contributed by atoms with Crippen LogP contribution in [0.2, 0.25) is 0 Å². The Hall–Kier alpha value is -1.85. The van der Waals surface area contributed by atoms with Crippen LogP contribution < -0.4 is 11.1 Å². The van der Waals surface area contributed by atoms with Gasteiger partial charge in [-0.2, -0.15) is 0 Å². The zero-order chi connectivity index (χ0) is 10.1. The first-order valence-electron chi connectivity index (χ1n) is 4.42. The van der Waals surface area contributed by atoms with Gasteiger partial charge in [-0.05, 0) is 6.42 Å². The number of H-pyrrole nitrogens is 3. The van der Waals surface area contributed by atoms with Crippen LogP contribution in [0.3, 0.4) is 0 Å². The maximum absolute atomic E-state index is 11.3. The van der Waals surface area contributed by atoms with Gasteiger partial charge in [0.15, 0.2) is 5.52 Å². The van der Waals surface area contributed by atoms with E-state index in [1.807, 2.05) is 6.92 Å². The summed E-state index contributed by atoms with van der Waals surface area (Å²) < 4.78 is 0. The maximum Gasteiger partial charge on any atom is 0.290 e. The Labute approximate surface area is 78.4 Å². The maximum atomic E-state index is 11.3. The lowest BCUT2D eigenvalue weighted by Gasteiger charge is -1.86. The lowest BCUT2D eigenvalue weighted by molar-refractivity contribution is 0.861. The van der Waals surface area contributed by atoms with Gasteiger partial charge in [0.05, 0.1) is 0 Å². The Morgan fingerprint density at radius 1 is 1.21 bits per heavy atom. The summed E-state index contributed by atoms with van der Waals surface area (Å²) in [5.41, 5.74) is -0.304. The van der Waals surface area contributed by atoms with Crippen LogP contribution in [0, 0.1) is 0 Å². The minimum atomic E-state index is -0.377. The topological polar surface area (TPSA) is 94.4 Å². The highest BCUT2D eigenvalue weighted by atomic mass is 16.1. The van der Waals surface area contributed by atoms with Gasteiger partial charge in [-0.1, -0.05) is 6.92 Å². The summed E-state index contributed by atoms with van der Waals surface area (Å²) >= 11 is 0. The van der Waals surface area contributed by atoms with Crippen LogP contribution in [0.15, 0.2) is 9.59 Å². The largest absolute Gasteiger partial charge is 0.337 e. The van der Waals surface area contributed by atoms with Gasteiger partial charge >= 0.3 is 0 Å². The van der Waals surface area contributed by atoms with Crippen molar-refractivity contribution in [2.75, 3.05) is 0 Å². The van der Waals surface area contributed by atoms with Gasteiger partial charge in [-0.25, -0.2) is 4.98 Å². The second kappa shape index (κ2) is 3.13. The average molecular weight is 194 g/mol. The number of hydrogen-bond acceptors (Lipinski definition) is 3. The van der Waals surface area contributed by atoms with E-state index in [0.29, 0.717) is 5.82 Å². The molecular formula is C8H10N4O2. The standard InChI is InChI=1S/C8H10N4O2/c1-2-3-4-9-5-6(10-4)8(14)12-11-7(5)13/h2-3H2,1H3,(H,9,10)(H,11,13)(H,12,14). The molecule has 6 nitrogen and oxygen atoms in total. The molecule has 0 aliphatic carbocycles. The zero-order valence-corrected chi connectivity index (χ0v) is 7.68. The van der Waals surface area contributed by atoms with Gasteiger partial charge in [0, 0.05) is 6.42 Å². The van der Waals surface area contributed by atoms with Crippen molar-refractivity contribution in [3.63, 3.8) is 0 Å².